The summed E-state index contributed by atoms with van der Waals surface area (Å²) in [5.41, 5.74) is 1.33. The fourth-order valence-electron chi connectivity index (χ4n) is 2.81. The van der Waals surface area contributed by atoms with E-state index in [2.05, 4.69) is 0 Å². The largest absolute Gasteiger partial charge is 0.426 e. The summed E-state index contributed by atoms with van der Waals surface area (Å²) < 4.78 is 15.5. The molecule has 0 aliphatic heterocycles. The number of aryl methyl sites for hydroxylation is 1. The van der Waals surface area contributed by atoms with Crippen LogP contribution in [0.5, 0.6) is 11.5 Å². The molecule has 114 valence electrons. The van der Waals surface area contributed by atoms with E-state index in [4.69, 9.17) is 13.9 Å². The molecule has 0 spiro atoms. The summed E-state index contributed by atoms with van der Waals surface area (Å²) in [5, 5.41) is 0.596. The SMILES string of the molecule is CC(=O)Oc1cc(OC(C)=O)c2c3c(c(=O)oc2c1)CCC3. The molecule has 1 aliphatic carbocycles. The van der Waals surface area contributed by atoms with Crippen LogP contribution in [0.15, 0.2) is 21.3 Å². The number of hydrogen-bond donors (Lipinski definition) is 0. The highest BCUT2D eigenvalue weighted by atomic mass is 16.5. The van der Waals surface area contributed by atoms with Gasteiger partial charge >= 0.3 is 17.6 Å². The summed E-state index contributed by atoms with van der Waals surface area (Å²) in [5.74, 6) is -0.614. The molecule has 0 bridgehead atoms. The zero-order valence-electron chi connectivity index (χ0n) is 12.2. The first-order chi connectivity index (χ1) is 10.5. The second kappa shape index (κ2) is 5.29. The predicted octanol–water partition coefficient (Wildman–Crippen LogP) is 2.13. The highest BCUT2D eigenvalue weighted by Gasteiger charge is 2.23. The van der Waals surface area contributed by atoms with Crippen LogP contribution >= 0.6 is 0 Å². The molecule has 3 rings (SSSR count). The van der Waals surface area contributed by atoms with Gasteiger partial charge in [-0.25, -0.2) is 4.79 Å². The van der Waals surface area contributed by atoms with E-state index < -0.39 is 17.6 Å². The van der Waals surface area contributed by atoms with Crippen LogP contribution in [-0.4, -0.2) is 11.9 Å². The third kappa shape index (κ3) is 2.47. The van der Waals surface area contributed by atoms with Gasteiger partial charge in [0, 0.05) is 31.5 Å². The molecular formula is C16H14O6. The lowest BCUT2D eigenvalue weighted by atomic mass is 10.1. The summed E-state index contributed by atoms with van der Waals surface area (Å²) in [4.78, 5) is 34.5. The molecule has 2 aromatic rings. The van der Waals surface area contributed by atoms with Crippen LogP contribution in [0.25, 0.3) is 11.0 Å². The molecule has 22 heavy (non-hydrogen) atoms. The standard InChI is InChI=1S/C16H14O6/c1-8(17)20-10-6-13(21-9(2)18)15-11-4-3-5-12(11)16(19)22-14(15)7-10/h6-7H,3-5H2,1-2H3. The average molecular weight is 302 g/mol. The van der Waals surface area contributed by atoms with Crippen LogP contribution in [0.4, 0.5) is 0 Å². The Labute approximate surface area is 125 Å². The fraction of sp³-hybridized carbons (Fsp3) is 0.312. The van der Waals surface area contributed by atoms with Crippen molar-refractivity contribution in [2.45, 2.75) is 33.1 Å². The van der Waals surface area contributed by atoms with E-state index >= 15 is 0 Å². The number of carbonyl (C=O) groups is 2. The van der Waals surface area contributed by atoms with Crippen molar-refractivity contribution in [3.05, 3.63) is 33.7 Å². The van der Waals surface area contributed by atoms with Crippen molar-refractivity contribution >= 4 is 22.9 Å². The lowest BCUT2D eigenvalue weighted by molar-refractivity contribution is -0.132. The van der Waals surface area contributed by atoms with Gasteiger partial charge in [-0.1, -0.05) is 0 Å². The number of carbonyl (C=O) groups excluding carboxylic acids is 2. The average Bonchev–Trinajstić information content (AvgIpc) is 2.86. The van der Waals surface area contributed by atoms with Gasteiger partial charge in [-0.3, -0.25) is 9.59 Å². The normalized spacial score (nSPS) is 13.0. The van der Waals surface area contributed by atoms with Crippen LogP contribution in [0.3, 0.4) is 0 Å². The maximum atomic E-state index is 12.0. The van der Waals surface area contributed by atoms with Crippen molar-refractivity contribution < 1.29 is 23.5 Å². The Bertz CT molecular complexity index is 846. The van der Waals surface area contributed by atoms with Crippen LogP contribution in [0, 0.1) is 0 Å². The lowest BCUT2D eigenvalue weighted by Gasteiger charge is -2.11. The van der Waals surface area contributed by atoms with Gasteiger partial charge in [0.1, 0.15) is 17.1 Å². The van der Waals surface area contributed by atoms with Crippen LogP contribution < -0.4 is 15.1 Å². The molecule has 0 atom stereocenters. The Morgan fingerprint density at radius 3 is 2.41 bits per heavy atom. The smallest absolute Gasteiger partial charge is 0.339 e. The summed E-state index contributed by atoms with van der Waals surface area (Å²) in [6.45, 7) is 2.54. The van der Waals surface area contributed by atoms with Crippen LogP contribution in [-0.2, 0) is 22.4 Å². The first kappa shape index (κ1) is 14.3. The molecule has 0 saturated heterocycles. The van der Waals surface area contributed by atoms with Gasteiger partial charge in [0.05, 0.1) is 5.39 Å². The van der Waals surface area contributed by atoms with Gasteiger partial charge in [-0.2, -0.15) is 0 Å². The molecule has 1 aromatic heterocycles. The summed E-state index contributed by atoms with van der Waals surface area (Å²) in [6, 6.07) is 2.92. The quantitative estimate of drug-likeness (QED) is 0.480. The molecule has 0 fully saturated rings. The van der Waals surface area contributed by atoms with E-state index in [9.17, 15) is 14.4 Å². The Hall–Kier alpha value is -2.63. The van der Waals surface area contributed by atoms with E-state index in [-0.39, 0.29) is 17.1 Å². The highest BCUT2D eigenvalue weighted by molar-refractivity contribution is 5.92. The first-order valence-electron chi connectivity index (χ1n) is 6.95. The van der Waals surface area contributed by atoms with Gasteiger partial charge in [-0.15, -0.1) is 0 Å². The molecule has 0 saturated carbocycles. The van der Waals surface area contributed by atoms with Crippen molar-refractivity contribution in [1.29, 1.82) is 0 Å². The number of ether oxygens (including phenoxy) is 2. The third-order valence-corrected chi connectivity index (χ3v) is 3.52. The molecule has 0 radical (unpaired) electrons. The predicted molar refractivity (Wildman–Crippen MR) is 77.1 cm³/mol. The maximum absolute atomic E-state index is 12.0. The van der Waals surface area contributed by atoms with Gasteiger partial charge < -0.3 is 13.9 Å². The van der Waals surface area contributed by atoms with E-state index in [1.54, 1.807) is 0 Å². The Kier molecular flexibility index (Phi) is 3.44. The topological polar surface area (TPSA) is 82.8 Å². The molecule has 6 nitrogen and oxygen atoms in total. The van der Waals surface area contributed by atoms with Crippen molar-refractivity contribution in [2.75, 3.05) is 0 Å². The number of hydrogen-bond acceptors (Lipinski definition) is 6. The van der Waals surface area contributed by atoms with Gasteiger partial charge in [0.2, 0.25) is 0 Å². The molecule has 1 heterocycles. The fourth-order valence-corrected chi connectivity index (χ4v) is 2.81. The maximum Gasteiger partial charge on any atom is 0.339 e. The van der Waals surface area contributed by atoms with Crippen LogP contribution in [0.1, 0.15) is 31.4 Å². The second-order valence-corrected chi connectivity index (χ2v) is 5.18. The molecule has 1 aromatic carbocycles. The van der Waals surface area contributed by atoms with Gasteiger partial charge in [0.15, 0.2) is 0 Å². The summed E-state index contributed by atoms with van der Waals surface area (Å²) >= 11 is 0. The minimum atomic E-state index is -0.517. The van der Waals surface area contributed by atoms with Gasteiger partial charge in [0.25, 0.3) is 0 Å². The molecule has 0 amide bonds. The highest BCUT2D eigenvalue weighted by Crippen LogP contribution is 2.37. The molecule has 0 unspecified atom stereocenters. The zero-order valence-corrected chi connectivity index (χ0v) is 12.2. The number of rotatable bonds is 2. The molecule has 6 heteroatoms. The Balaban J connectivity index is 2.30. The number of fused-ring (bicyclic) bond motifs is 3. The Morgan fingerprint density at radius 1 is 1.05 bits per heavy atom. The van der Waals surface area contributed by atoms with Crippen molar-refractivity contribution in [1.82, 2.24) is 0 Å². The zero-order chi connectivity index (χ0) is 15.9. The minimum Gasteiger partial charge on any atom is -0.426 e. The second-order valence-electron chi connectivity index (χ2n) is 5.18. The van der Waals surface area contributed by atoms with Crippen molar-refractivity contribution in [3.8, 4) is 11.5 Å². The monoisotopic (exact) mass is 302 g/mol. The molecule has 0 N–H and O–H groups in total. The van der Waals surface area contributed by atoms with Gasteiger partial charge in [-0.05, 0) is 24.8 Å². The van der Waals surface area contributed by atoms with E-state index in [1.165, 1.54) is 26.0 Å². The van der Waals surface area contributed by atoms with Crippen molar-refractivity contribution in [2.24, 2.45) is 0 Å². The third-order valence-electron chi connectivity index (χ3n) is 3.52. The first-order valence-corrected chi connectivity index (χ1v) is 6.95. The minimum absolute atomic E-state index is 0.164. The lowest BCUT2D eigenvalue weighted by Crippen LogP contribution is -2.10. The molecule has 1 aliphatic rings. The number of esters is 2. The number of benzene rings is 1. The van der Waals surface area contributed by atoms with E-state index in [1.807, 2.05) is 0 Å². The summed E-state index contributed by atoms with van der Waals surface area (Å²) in [7, 11) is 0. The Morgan fingerprint density at radius 2 is 1.73 bits per heavy atom. The van der Waals surface area contributed by atoms with Crippen LogP contribution in [0.2, 0.25) is 0 Å². The molecular weight excluding hydrogens is 288 g/mol. The van der Waals surface area contributed by atoms with Crippen molar-refractivity contribution in [3.63, 3.8) is 0 Å². The summed E-state index contributed by atoms with van der Waals surface area (Å²) in [6.07, 6.45) is 2.22. The van der Waals surface area contributed by atoms with E-state index in [0.29, 0.717) is 17.4 Å². The van der Waals surface area contributed by atoms with E-state index in [0.717, 1.165) is 18.4 Å².